The number of nitrogens with one attached hydrogen (secondary N) is 1. The molecule has 1 aliphatic rings. The Morgan fingerprint density at radius 2 is 2.04 bits per heavy atom. The molecule has 0 aliphatic carbocycles. The van der Waals surface area contributed by atoms with Crippen molar-refractivity contribution >= 4 is 11.9 Å². The second-order valence-corrected chi connectivity index (χ2v) is 5.97. The van der Waals surface area contributed by atoms with Crippen molar-refractivity contribution in [3.63, 3.8) is 0 Å². The van der Waals surface area contributed by atoms with Crippen LogP contribution in [0.2, 0.25) is 0 Å². The van der Waals surface area contributed by atoms with E-state index in [1.807, 2.05) is 0 Å². The summed E-state index contributed by atoms with van der Waals surface area (Å²) in [5, 5.41) is 12.4. The van der Waals surface area contributed by atoms with Crippen LogP contribution in [0.15, 0.2) is 24.5 Å². The Balaban J connectivity index is 2.33. The Morgan fingerprint density at radius 1 is 1.38 bits per heavy atom. The highest BCUT2D eigenvalue weighted by atomic mass is 19.4. The molecule has 2 unspecified atom stereocenters. The maximum absolute atomic E-state index is 13.2. The van der Waals surface area contributed by atoms with E-state index in [0.29, 0.717) is 10.5 Å². The molecule has 1 saturated heterocycles. The number of β-amino-alcohol motifs (C(OH)–C–C–N with tert-alkyl or cyclic N) is 1. The summed E-state index contributed by atoms with van der Waals surface area (Å²) in [5.41, 5.74) is -4.32. The number of imide groups is 1. The fourth-order valence-corrected chi connectivity index (χ4v) is 2.68. The molecule has 2 atom stereocenters. The molecule has 0 bridgehead atoms. The number of hydrogen-bond acceptors (Lipinski definition) is 4. The minimum absolute atomic E-state index is 0.0412. The lowest BCUT2D eigenvalue weighted by Crippen LogP contribution is -2.55. The predicted molar refractivity (Wildman–Crippen MR) is 77.7 cm³/mol. The standard InChI is InChI=1S/C15H18F3N3O3/c1-3-6-14(24,15(16,17)18)9-21-11(22)13(2,20-12(21)23)10-5-4-7-19-8-10/h4-5,7-8,24H,3,6,9H2,1-2H3,(H,20,23). The number of hydrogen-bond donors (Lipinski definition) is 2. The first-order valence-electron chi connectivity index (χ1n) is 7.39. The largest absolute Gasteiger partial charge is 0.418 e. The SMILES string of the molecule is CCCC(O)(CN1C(=O)NC(C)(c2cccnc2)C1=O)C(F)(F)F. The van der Waals surface area contributed by atoms with Gasteiger partial charge in [0.15, 0.2) is 5.60 Å². The Labute approximate surface area is 136 Å². The smallest absolute Gasteiger partial charge is 0.379 e. The lowest BCUT2D eigenvalue weighted by atomic mass is 9.92. The van der Waals surface area contributed by atoms with Gasteiger partial charge in [-0.1, -0.05) is 19.4 Å². The minimum atomic E-state index is -4.96. The number of alkyl halides is 3. The molecule has 2 heterocycles. The maximum Gasteiger partial charge on any atom is 0.418 e. The maximum atomic E-state index is 13.2. The molecule has 9 heteroatoms. The van der Waals surface area contributed by atoms with Gasteiger partial charge < -0.3 is 10.4 Å². The van der Waals surface area contributed by atoms with Crippen LogP contribution in [0.4, 0.5) is 18.0 Å². The van der Waals surface area contributed by atoms with Gasteiger partial charge in [-0.15, -0.1) is 0 Å². The van der Waals surface area contributed by atoms with Crippen LogP contribution in [0.3, 0.4) is 0 Å². The number of carbonyl (C=O) groups excluding carboxylic acids is 2. The van der Waals surface area contributed by atoms with Crippen molar-refractivity contribution in [3.05, 3.63) is 30.1 Å². The van der Waals surface area contributed by atoms with Crippen LogP contribution in [0.1, 0.15) is 32.3 Å². The number of pyridine rings is 1. The van der Waals surface area contributed by atoms with Crippen molar-refractivity contribution in [1.29, 1.82) is 0 Å². The van der Waals surface area contributed by atoms with Crippen molar-refractivity contribution < 1.29 is 27.9 Å². The third-order valence-electron chi connectivity index (χ3n) is 4.12. The highest BCUT2D eigenvalue weighted by Crippen LogP contribution is 2.37. The monoisotopic (exact) mass is 345 g/mol. The quantitative estimate of drug-likeness (QED) is 0.799. The number of nitrogens with zero attached hydrogens (tertiary/aromatic N) is 2. The van der Waals surface area contributed by atoms with E-state index in [9.17, 15) is 27.9 Å². The molecule has 2 rings (SSSR count). The lowest BCUT2D eigenvalue weighted by molar-refractivity contribution is -0.264. The molecule has 6 nitrogen and oxygen atoms in total. The van der Waals surface area contributed by atoms with Gasteiger partial charge in [-0.3, -0.25) is 14.7 Å². The first kappa shape index (κ1) is 18.2. The highest BCUT2D eigenvalue weighted by Gasteiger charge is 2.58. The van der Waals surface area contributed by atoms with E-state index in [0.717, 1.165) is 0 Å². The summed E-state index contributed by atoms with van der Waals surface area (Å²) in [6, 6.07) is 2.10. The molecule has 2 N–H and O–H groups in total. The van der Waals surface area contributed by atoms with Crippen LogP contribution in [0, 0.1) is 0 Å². The summed E-state index contributed by atoms with van der Waals surface area (Å²) in [6.07, 6.45) is -2.72. The Morgan fingerprint density at radius 3 is 2.54 bits per heavy atom. The van der Waals surface area contributed by atoms with Crippen molar-refractivity contribution in [2.45, 2.75) is 44.0 Å². The average Bonchev–Trinajstić information content (AvgIpc) is 2.72. The Kier molecular flexibility index (Phi) is 4.58. The zero-order valence-electron chi connectivity index (χ0n) is 13.2. The highest BCUT2D eigenvalue weighted by molar-refractivity contribution is 6.07. The first-order valence-corrected chi connectivity index (χ1v) is 7.39. The van der Waals surface area contributed by atoms with Crippen molar-refractivity contribution in [3.8, 4) is 0 Å². The van der Waals surface area contributed by atoms with Gasteiger partial charge in [-0.2, -0.15) is 13.2 Å². The van der Waals surface area contributed by atoms with Crippen LogP contribution >= 0.6 is 0 Å². The number of urea groups is 1. The topological polar surface area (TPSA) is 82.5 Å². The van der Waals surface area contributed by atoms with Crippen LogP contribution in [-0.4, -0.2) is 45.3 Å². The van der Waals surface area contributed by atoms with Gasteiger partial charge in [0.1, 0.15) is 5.54 Å². The summed E-state index contributed by atoms with van der Waals surface area (Å²) in [5.74, 6) is -0.862. The molecule has 1 aromatic heterocycles. The van der Waals surface area contributed by atoms with Crippen molar-refractivity contribution in [1.82, 2.24) is 15.2 Å². The van der Waals surface area contributed by atoms with Gasteiger partial charge in [-0.05, 0) is 19.4 Å². The second-order valence-electron chi connectivity index (χ2n) is 5.97. The molecule has 0 saturated carbocycles. The number of aliphatic hydroxyl groups is 1. The molecule has 24 heavy (non-hydrogen) atoms. The zero-order chi connectivity index (χ0) is 18.2. The van der Waals surface area contributed by atoms with E-state index in [2.05, 4.69) is 10.3 Å². The van der Waals surface area contributed by atoms with E-state index in [1.165, 1.54) is 32.3 Å². The Bertz CT molecular complexity index is 638. The number of amides is 3. The summed E-state index contributed by atoms with van der Waals surface area (Å²) in [7, 11) is 0. The molecule has 1 fully saturated rings. The summed E-state index contributed by atoms with van der Waals surface area (Å²) in [4.78, 5) is 28.9. The van der Waals surface area contributed by atoms with Crippen LogP contribution in [0.5, 0.6) is 0 Å². The van der Waals surface area contributed by atoms with Crippen LogP contribution < -0.4 is 5.32 Å². The molecule has 1 aromatic rings. The van der Waals surface area contributed by atoms with E-state index < -0.39 is 42.2 Å². The fraction of sp³-hybridized carbons (Fsp3) is 0.533. The summed E-state index contributed by atoms with van der Waals surface area (Å²) in [6.45, 7) is 1.71. The third kappa shape index (κ3) is 2.95. The number of halogens is 3. The van der Waals surface area contributed by atoms with Crippen molar-refractivity contribution in [2.24, 2.45) is 0 Å². The molecule has 132 valence electrons. The molecule has 1 aliphatic heterocycles. The predicted octanol–water partition coefficient (Wildman–Crippen LogP) is 1.94. The summed E-state index contributed by atoms with van der Waals surface area (Å²) < 4.78 is 39.6. The third-order valence-corrected chi connectivity index (χ3v) is 4.12. The van der Waals surface area contributed by atoms with Gasteiger partial charge in [0.25, 0.3) is 5.91 Å². The van der Waals surface area contributed by atoms with Gasteiger partial charge in [0, 0.05) is 18.0 Å². The van der Waals surface area contributed by atoms with E-state index >= 15 is 0 Å². The van der Waals surface area contributed by atoms with E-state index in [-0.39, 0.29) is 6.42 Å². The van der Waals surface area contributed by atoms with E-state index in [1.54, 1.807) is 6.07 Å². The number of rotatable bonds is 5. The zero-order valence-corrected chi connectivity index (χ0v) is 13.2. The summed E-state index contributed by atoms with van der Waals surface area (Å²) >= 11 is 0. The fourth-order valence-electron chi connectivity index (χ4n) is 2.68. The van der Waals surface area contributed by atoms with Gasteiger partial charge >= 0.3 is 12.2 Å². The first-order chi connectivity index (χ1) is 11.0. The number of carbonyl (C=O) groups is 2. The molecule has 0 aromatic carbocycles. The molecule has 3 amide bonds. The molecule has 0 radical (unpaired) electrons. The molecular formula is C15H18F3N3O3. The van der Waals surface area contributed by atoms with Gasteiger partial charge in [-0.25, -0.2) is 4.79 Å². The minimum Gasteiger partial charge on any atom is -0.379 e. The van der Waals surface area contributed by atoms with Gasteiger partial charge in [0.2, 0.25) is 0 Å². The normalized spacial score (nSPS) is 24.0. The second kappa shape index (κ2) is 6.04. The van der Waals surface area contributed by atoms with Gasteiger partial charge in [0.05, 0.1) is 6.54 Å². The van der Waals surface area contributed by atoms with Crippen LogP contribution in [0.25, 0.3) is 0 Å². The molecular weight excluding hydrogens is 327 g/mol. The lowest BCUT2D eigenvalue weighted by Gasteiger charge is -2.33. The average molecular weight is 345 g/mol. The number of aromatic nitrogens is 1. The molecule has 0 spiro atoms. The van der Waals surface area contributed by atoms with E-state index in [4.69, 9.17) is 0 Å². The van der Waals surface area contributed by atoms with Crippen molar-refractivity contribution in [2.75, 3.05) is 6.54 Å². The van der Waals surface area contributed by atoms with Crippen LogP contribution in [-0.2, 0) is 10.3 Å². The Hall–Kier alpha value is -2.16.